The van der Waals surface area contributed by atoms with Crippen molar-refractivity contribution in [3.63, 3.8) is 0 Å². The molecule has 0 saturated heterocycles. The highest BCUT2D eigenvalue weighted by Crippen LogP contribution is 2.19. The molecule has 7 heteroatoms. The average Bonchev–Trinajstić information content (AvgIpc) is 3.07. The molecule has 2 aromatic heterocycles. The number of carbonyl (C=O) groups is 1. The second-order valence-electron chi connectivity index (χ2n) is 5.15. The Labute approximate surface area is 137 Å². The minimum atomic E-state index is -0.107. The Morgan fingerprint density at radius 1 is 1.48 bits per heavy atom. The highest BCUT2D eigenvalue weighted by molar-refractivity contribution is 7.15. The summed E-state index contributed by atoms with van der Waals surface area (Å²) in [5.74, 6) is 0.579. The van der Waals surface area contributed by atoms with Gasteiger partial charge in [-0.1, -0.05) is 6.07 Å². The maximum absolute atomic E-state index is 12.2. The Balaban J connectivity index is 1.64. The minimum Gasteiger partial charge on any atom is -0.492 e. The van der Waals surface area contributed by atoms with E-state index in [-0.39, 0.29) is 12.3 Å². The number of thiazole rings is 1. The van der Waals surface area contributed by atoms with Gasteiger partial charge in [0.2, 0.25) is 5.91 Å². The lowest BCUT2D eigenvalue weighted by Gasteiger charge is -2.08. The van der Waals surface area contributed by atoms with Crippen LogP contribution in [0.5, 0.6) is 5.75 Å². The van der Waals surface area contributed by atoms with E-state index in [2.05, 4.69) is 10.3 Å². The molecule has 0 aliphatic rings. The molecule has 1 amide bonds. The first-order valence-electron chi connectivity index (χ1n) is 7.30. The lowest BCUT2D eigenvalue weighted by molar-refractivity contribution is -0.115. The lowest BCUT2D eigenvalue weighted by Crippen LogP contribution is -2.15. The number of anilines is 1. The fourth-order valence-corrected chi connectivity index (χ4v) is 3.11. The van der Waals surface area contributed by atoms with E-state index < -0.39 is 0 Å². The van der Waals surface area contributed by atoms with Crippen LogP contribution < -0.4 is 15.8 Å². The maximum atomic E-state index is 12.2. The molecule has 0 unspecified atom stereocenters. The van der Waals surface area contributed by atoms with Crippen LogP contribution in [0.1, 0.15) is 11.4 Å². The van der Waals surface area contributed by atoms with Crippen molar-refractivity contribution in [2.75, 3.05) is 18.5 Å². The van der Waals surface area contributed by atoms with Crippen LogP contribution in [0.2, 0.25) is 0 Å². The molecule has 0 fully saturated rings. The minimum absolute atomic E-state index is 0.107. The SMILES string of the molecule is Cc1csc2nc(CC(=O)Nc3cccc(OCCN)c3)cn12. The van der Waals surface area contributed by atoms with Gasteiger partial charge in [0.25, 0.3) is 0 Å². The van der Waals surface area contributed by atoms with Gasteiger partial charge in [-0.2, -0.15) is 0 Å². The van der Waals surface area contributed by atoms with Crippen LogP contribution in [0.15, 0.2) is 35.8 Å². The van der Waals surface area contributed by atoms with Crippen LogP contribution in [0, 0.1) is 6.92 Å². The maximum Gasteiger partial charge on any atom is 0.230 e. The predicted molar refractivity (Wildman–Crippen MR) is 91.1 cm³/mol. The van der Waals surface area contributed by atoms with Crippen molar-refractivity contribution < 1.29 is 9.53 Å². The lowest BCUT2D eigenvalue weighted by atomic mass is 10.2. The number of rotatable bonds is 6. The van der Waals surface area contributed by atoms with Crippen LogP contribution in [0.4, 0.5) is 5.69 Å². The molecule has 3 aromatic rings. The molecule has 0 aliphatic heterocycles. The summed E-state index contributed by atoms with van der Waals surface area (Å²) in [6.45, 7) is 2.91. The molecule has 0 spiro atoms. The quantitative estimate of drug-likeness (QED) is 0.726. The molecule has 6 nitrogen and oxygen atoms in total. The number of nitrogens with two attached hydrogens (primary N) is 1. The number of aromatic nitrogens is 2. The molecule has 3 rings (SSSR count). The summed E-state index contributed by atoms with van der Waals surface area (Å²) in [5.41, 5.74) is 7.98. The van der Waals surface area contributed by atoms with Gasteiger partial charge in [0.15, 0.2) is 4.96 Å². The Morgan fingerprint density at radius 3 is 3.13 bits per heavy atom. The number of hydrogen-bond donors (Lipinski definition) is 2. The summed E-state index contributed by atoms with van der Waals surface area (Å²) >= 11 is 1.57. The number of benzene rings is 1. The van der Waals surface area contributed by atoms with E-state index in [9.17, 15) is 4.79 Å². The zero-order valence-electron chi connectivity index (χ0n) is 12.8. The topological polar surface area (TPSA) is 81.6 Å². The Bertz CT molecular complexity index is 824. The molecule has 0 saturated carbocycles. The number of nitrogens with zero attached hydrogens (tertiary/aromatic N) is 2. The molecular weight excluding hydrogens is 312 g/mol. The number of imidazole rings is 1. The predicted octanol–water partition coefficient (Wildman–Crippen LogP) is 2.22. The van der Waals surface area contributed by atoms with E-state index >= 15 is 0 Å². The molecular formula is C16H18N4O2S. The van der Waals surface area contributed by atoms with Crippen molar-refractivity contribution in [3.05, 3.63) is 47.2 Å². The Kier molecular flexibility index (Phi) is 4.59. The van der Waals surface area contributed by atoms with E-state index in [1.807, 2.05) is 41.1 Å². The molecule has 1 aromatic carbocycles. The second-order valence-corrected chi connectivity index (χ2v) is 5.99. The smallest absolute Gasteiger partial charge is 0.230 e. The first-order valence-corrected chi connectivity index (χ1v) is 8.18. The van der Waals surface area contributed by atoms with Gasteiger partial charge in [0, 0.05) is 35.6 Å². The van der Waals surface area contributed by atoms with Crippen LogP contribution in [0.3, 0.4) is 0 Å². The third kappa shape index (κ3) is 3.69. The van der Waals surface area contributed by atoms with E-state index in [0.717, 1.165) is 16.3 Å². The number of carbonyl (C=O) groups excluding carboxylic acids is 1. The number of ether oxygens (including phenoxy) is 1. The monoisotopic (exact) mass is 330 g/mol. The van der Waals surface area contributed by atoms with Gasteiger partial charge >= 0.3 is 0 Å². The number of amides is 1. The molecule has 0 atom stereocenters. The van der Waals surface area contributed by atoms with Crippen molar-refractivity contribution in [2.45, 2.75) is 13.3 Å². The average molecular weight is 330 g/mol. The fraction of sp³-hybridized carbons (Fsp3) is 0.250. The second kappa shape index (κ2) is 6.80. The van der Waals surface area contributed by atoms with Gasteiger partial charge in [0.05, 0.1) is 12.1 Å². The van der Waals surface area contributed by atoms with Gasteiger partial charge in [-0.3, -0.25) is 9.20 Å². The summed E-state index contributed by atoms with van der Waals surface area (Å²) < 4.78 is 7.44. The van der Waals surface area contributed by atoms with Crippen LogP contribution in [0.25, 0.3) is 4.96 Å². The molecule has 0 aliphatic carbocycles. The van der Waals surface area contributed by atoms with E-state index in [1.165, 1.54) is 0 Å². The molecule has 23 heavy (non-hydrogen) atoms. The van der Waals surface area contributed by atoms with Gasteiger partial charge in [-0.05, 0) is 19.1 Å². The van der Waals surface area contributed by atoms with Gasteiger partial charge in [-0.25, -0.2) is 4.98 Å². The van der Waals surface area contributed by atoms with Crippen LogP contribution >= 0.6 is 11.3 Å². The van der Waals surface area contributed by atoms with Crippen LogP contribution in [-0.4, -0.2) is 28.4 Å². The summed E-state index contributed by atoms with van der Waals surface area (Å²) in [6.07, 6.45) is 2.14. The van der Waals surface area contributed by atoms with Gasteiger partial charge < -0.3 is 15.8 Å². The largest absolute Gasteiger partial charge is 0.492 e. The third-order valence-corrected chi connectivity index (χ3v) is 4.24. The summed E-state index contributed by atoms with van der Waals surface area (Å²) in [5, 5.41) is 4.90. The highest BCUT2D eigenvalue weighted by atomic mass is 32.1. The molecule has 0 bridgehead atoms. The van der Waals surface area contributed by atoms with Gasteiger partial charge in [0.1, 0.15) is 12.4 Å². The first-order chi connectivity index (χ1) is 11.2. The number of fused-ring (bicyclic) bond motifs is 1. The summed E-state index contributed by atoms with van der Waals surface area (Å²) in [7, 11) is 0. The molecule has 0 radical (unpaired) electrons. The van der Waals surface area contributed by atoms with Gasteiger partial charge in [-0.15, -0.1) is 11.3 Å². The summed E-state index contributed by atoms with van der Waals surface area (Å²) in [6, 6.07) is 7.27. The van der Waals surface area contributed by atoms with Crippen molar-refractivity contribution in [3.8, 4) is 5.75 Å². The van der Waals surface area contributed by atoms with E-state index in [1.54, 1.807) is 17.4 Å². The third-order valence-electron chi connectivity index (χ3n) is 3.28. The van der Waals surface area contributed by atoms with Crippen molar-refractivity contribution in [1.29, 1.82) is 0 Å². The normalized spacial score (nSPS) is 10.9. The Hall–Kier alpha value is -2.38. The standard InChI is InChI=1S/C16H18N4O2S/c1-11-10-23-16-19-13(9-20(11)16)8-15(21)18-12-3-2-4-14(7-12)22-6-5-17/h2-4,7,9-10H,5-6,8,17H2,1H3,(H,18,21). The Morgan fingerprint density at radius 2 is 2.35 bits per heavy atom. The molecule has 3 N–H and O–H groups in total. The molecule has 120 valence electrons. The first kappa shape index (κ1) is 15.5. The zero-order chi connectivity index (χ0) is 16.2. The molecule has 2 heterocycles. The van der Waals surface area contributed by atoms with Crippen molar-refractivity contribution >= 4 is 27.9 Å². The van der Waals surface area contributed by atoms with Crippen molar-refractivity contribution in [1.82, 2.24) is 9.38 Å². The van der Waals surface area contributed by atoms with E-state index in [4.69, 9.17) is 10.5 Å². The van der Waals surface area contributed by atoms with E-state index in [0.29, 0.717) is 24.6 Å². The highest BCUT2D eigenvalue weighted by Gasteiger charge is 2.10. The number of hydrogen-bond acceptors (Lipinski definition) is 5. The van der Waals surface area contributed by atoms with Crippen LogP contribution in [-0.2, 0) is 11.2 Å². The number of aryl methyl sites for hydroxylation is 1. The summed E-state index contributed by atoms with van der Waals surface area (Å²) in [4.78, 5) is 17.5. The number of nitrogens with one attached hydrogen (secondary N) is 1. The fourth-order valence-electron chi connectivity index (χ4n) is 2.24. The zero-order valence-corrected chi connectivity index (χ0v) is 13.6. The van der Waals surface area contributed by atoms with Crippen molar-refractivity contribution in [2.24, 2.45) is 5.73 Å².